The SMILES string of the molecule is COC(=O)[C@@H]1C[C@@H](O)CN1c1ncccc1C#N. The van der Waals surface area contributed by atoms with E-state index in [0.717, 1.165) is 0 Å². The fourth-order valence-corrected chi connectivity index (χ4v) is 2.12. The minimum atomic E-state index is -0.623. The zero-order valence-electron chi connectivity index (χ0n) is 9.91. The lowest BCUT2D eigenvalue weighted by Crippen LogP contribution is -2.37. The Kier molecular flexibility index (Phi) is 3.44. The first-order valence-electron chi connectivity index (χ1n) is 5.55. The molecule has 1 aliphatic heterocycles. The van der Waals surface area contributed by atoms with Gasteiger partial charge in [-0.2, -0.15) is 5.26 Å². The number of anilines is 1. The van der Waals surface area contributed by atoms with Crippen LogP contribution in [0.25, 0.3) is 0 Å². The van der Waals surface area contributed by atoms with E-state index < -0.39 is 18.1 Å². The van der Waals surface area contributed by atoms with Gasteiger partial charge in [0, 0.05) is 19.2 Å². The zero-order valence-corrected chi connectivity index (χ0v) is 9.91. The maximum atomic E-state index is 11.7. The van der Waals surface area contributed by atoms with Gasteiger partial charge in [-0.05, 0) is 12.1 Å². The predicted octanol–water partition coefficient (Wildman–Crippen LogP) is 0.0659. The van der Waals surface area contributed by atoms with Crippen molar-refractivity contribution in [3.8, 4) is 6.07 Å². The third kappa shape index (κ3) is 2.13. The number of carbonyl (C=O) groups excluding carboxylic acids is 1. The Hall–Kier alpha value is -2.13. The van der Waals surface area contributed by atoms with Crippen LogP contribution < -0.4 is 4.90 Å². The van der Waals surface area contributed by atoms with E-state index in [0.29, 0.717) is 11.4 Å². The Morgan fingerprint density at radius 3 is 3.17 bits per heavy atom. The standard InChI is InChI=1S/C12H13N3O3/c1-18-12(17)10-5-9(16)7-15(10)11-8(6-13)3-2-4-14-11/h2-4,9-10,16H,5,7H2,1H3/t9-,10+/m1/s1. The molecule has 1 N–H and O–H groups in total. The van der Waals surface area contributed by atoms with E-state index >= 15 is 0 Å². The van der Waals surface area contributed by atoms with Gasteiger partial charge in [0.1, 0.15) is 17.9 Å². The molecule has 1 saturated heterocycles. The molecule has 0 unspecified atom stereocenters. The van der Waals surface area contributed by atoms with Crippen LogP contribution >= 0.6 is 0 Å². The normalized spacial score (nSPS) is 22.6. The monoisotopic (exact) mass is 247 g/mol. The van der Waals surface area contributed by atoms with Gasteiger partial charge in [0.2, 0.25) is 0 Å². The molecule has 0 bridgehead atoms. The molecule has 0 spiro atoms. The molecule has 1 aliphatic rings. The van der Waals surface area contributed by atoms with Crippen LogP contribution in [0.15, 0.2) is 18.3 Å². The highest BCUT2D eigenvalue weighted by molar-refractivity contribution is 5.81. The van der Waals surface area contributed by atoms with Gasteiger partial charge in [-0.25, -0.2) is 9.78 Å². The molecule has 1 aromatic rings. The molecule has 2 atom stereocenters. The molecule has 18 heavy (non-hydrogen) atoms. The summed E-state index contributed by atoms with van der Waals surface area (Å²) in [7, 11) is 1.30. The maximum Gasteiger partial charge on any atom is 0.328 e. The van der Waals surface area contributed by atoms with Crippen molar-refractivity contribution in [2.24, 2.45) is 0 Å². The molecule has 0 radical (unpaired) electrons. The van der Waals surface area contributed by atoms with Crippen LogP contribution in [-0.4, -0.2) is 41.9 Å². The third-order valence-electron chi connectivity index (χ3n) is 2.93. The number of aliphatic hydroxyl groups is 1. The van der Waals surface area contributed by atoms with Crippen LogP contribution in [0.3, 0.4) is 0 Å². The number of nitriles is 1. The third-order valence-corrected chi connectivity index (χ3v) is 2.93. The second-order valence-electron chi connectivity index (χ2n) is 4.07. The molecule has 6 heteroatoms. The zero-order chi connectivity index (χ0) is 13.1. The lowest BCUT2D eigenvalue weighted by molar-refractivity contribution is -0.142. The molecule has 2 rings (SSSR count). The van der Waals surface area contributed by atoms with Gasteiger partial charge in [0.15, 0.2) is 0 Å². The molecule has 2 heterocycles. The summed E-state index contributed by atoms with van der Waals surface area (Å²) in [5.74, 6) is -0.0203. The number of rotatable bonds is 2. The van der Waals surface area contributed by atoms with Crippen molar-refractivity contribution in [2.45, 2.75) is 18.6 Å². The first-order valence-corrected chi connectivity index (χ1v) is 5.55. The molecular formula is C12H13N3O3. The summed E-state index contributed by atoms with van der Waals surface area (Å²) in [6, 6.07) is 4.72. The molecule has 0 aliphatic carbocycles. The fraction of sp³-hybridized carbons (Fsp3) is 0.417. The Labute approximate surface area is 104 Å². The van der Waals surface area contributed by atoms with Gasteiger partial charge < -0.3 is 14.7 Å². The number of nitrogens with zero attached hydrogens (tertiary/aromatic N) is 3. The number of pyridine rings is 1. The Balaban J connectivity index is 2.36. The van der Waals surface area contributed by atoms with Crippen molar-refractivity contribution in [3.05, 3.63) is 23.9 Å². The van der Waals surface area contributed by atoms with Crippen molar-refractivity contribution in [3.63, 3.8) is 0 Å². The van der Waals surface area contributed by atoms with Crippen LogP contribution in [0.4, 0.5) is 5.82 Å². The van der Waals surface area contributed by atoms with Crippen LogP contribution in [-0.2, 0) is 9.53 Å². The van der Waals surface area contributed by atoms with Gasteiger partial charge in [0.05, 0.1) is 18.8 Å². The lowest BCUT2D eigenvalue weighted by atomic mass is 10.2. The first kappa shape index (κ1) is 12.3. The molecule has 0 amide bonds. The van der Waals surface area contributed by atoms with E-state index in [1.54, 1.807) is 23.2 Å². The second kappa shape index (κ2) is 5.02. The van der Waals surface area contributed by atoms with Crippen LogP contribution in [0, 0.1) is 11.3 Å². The van der Waals surface area contributed by atoms with E-state index in [4.69, 9.17) is 10.00 Å². The van der Waals surface area contributed by atoms with E-state index in [2.05, 4.69) is 4.98 Å². The number of carbonyl (C=O) groups is 1. The smallest absolute Gasteiger partial charge is 0.328 e. The van der Waals surface area contributed by atoms with Crippen molar-refractivity contribution >= 4 is 11.8 Å². The summed E-state index contributed by atoms with van der Waals surface area (Å²) in [4.78, 5) is 17.4. The van der Waals surface area contributed by atoms with Crippen molar-refractivity contribution in [2.75, 3.05) is 18.6 Å². The summed E-state index contributed by atoms with van der Waals surface area (Å²) in [5.41, 5.74) is 0.375. The molecular weight excluding hydrogens is 234 g/mol. The summed E-state index contributed by atoms with van der Waals surface area (Å²) < 4.78 is 4.71. The van der Waals surface area contributed by atoms with Crippen LogP contribution in [0.1, 0.15) is 12.0 Å². The average molecular weight is 247 g/mol. The number of methoxy groups -OCH3 is 1. The highest BCUT2D eigenvalue weighted by Gasteiger charge is 2.38. The quantitative estimate of drug-likeness (QED) is 0.744. The molecule has 94 valence electrons. The summed E-state index contributed by atoms with van der Waals surface area (Å²) in [6.07, 6.45) is 1.21. The maximum absolute atomic E-state index is 11.7. The number of aromatic nitrogens is 1. The number of β-amino-alcohol motifs (C(OH)–C–C–N with tert-alkyl or cyclic N) is 1. The number of hydrogen-bond donors (Lipinski definition) is 1. The molecule has 1 fully saturated rings. The lowest BCUT2D eigenvalue weighted by Gasteiger charge is -2.23. The van der Waals surface area contributed by atoms with Crippen molar-refractivity contribution in [1.29, 1.82) is 5.26 Å². The Morgan fingerprint density at radius 1 is 1.72 bits per heavy atom. The fourth-order valence-electron chi connectivity index (χ4n) is 2.12. The number of hydrogen-bond acceptors (Lipinski definition) is 6. The van der Waals surface area contributed by atoms with E-state index in [1.807, 2.05) is 6.07 Å². The molecule has 0 aromatic carbocycles. The van der Waals surface area contributed by atoms with E-state index in [9.17, 15) is 9.90 Å². The van der Waals surface area contributed by atoms with Gasteiger partial charge in [-0.3, -0.25) is 0 Å². The van der Waals surface area contributed by atoms with Gasteiger partial charge in [-0.1, -0.05) is 0 Å². The minimum Gasteiger partial charge on any atom is -0.467 e. The highest BCUT2D eigenvalue weighted by Crippen LogP contribution is 2.27. The average Bonchev–Trinajstić information content (AvgIpc) is 2.79. The highest BCUT2D eigenvalue weighted by atomic mass is 16.5. The van der Waals surface area contributed by atoms with E-state index in [-0.39, 0.29) is 13.0 Å². The topological polar surface area (TPSA) is 86.5 Å². The number of aliphatic hydroxyl groups excluding tert-OH is 1. The number of esters is 1. The van der Waals surface area contributed by atoms with E-state index in [1.165, 1.54) is 7.11 Å². The molecule has 1 aromatic heterocycles. The largest absolute Gasteiger partial charge is 0.467 e. The summed E-state index contributed by atoms with van der Waals surface area (Å²) in [5, 5.41) is 18.7. The number of ether oxygens (including phenoxy) is 1. The van der Waals surface area contributed by atoms with Gasteiger partial charge in [0.25, 0.3) is 0 Å². The van der Waals surface area contributed by atoms with Gasteiger partial charge >= 0.3 is 5.97 Å². The Bertz CT molecular complexity index is 498. The van der Waals surface area contributed by atoms with Crippen molar-refractivity contribution in [1.82, 2.24) is 4.98 Å². The van der Waals surface area contributed by atoms with Crippen LogP contribution in [0.5, 0.6) is 0 Å². The summed E-state index contributed by atoms with van der Waals surface area (Å²) in [6.45, 7) is 0.269. The van der Waals surface area contributed by atoms with Crippen LogP contribution in [0.2, 0.25) is 0 Å². The van der Waals surface area contributed by atoms with Crippen molar-refractivity contribution < 1.29 is 14.6 Å². The first-order chi connectivity index (χ1) is 8.67. The summed E-state index contributed by atoms with van der Waals surface area (Å²) >= 11 is 0. The molecule has 0 saturated carbocycles. The minimum absolute atomic E-state index is 0.269. The molecule has 6 nitrogen and oxygen atoms in total. The van der Waals surface area contributed by atoms with Gasteiger partial charge in [-0.15, -0.1) is 0 Å². The Morgan fingerprint density at radius 2 is 2.50 bits per heavy atom. The second-order valence-corrected chi connectivity index (χ2v) is 4.07. The predicted molar refractivity (Wildman–Crippen MR) is 62.7 cm³/mol.